The minimum atomic E-state index is -4.74. The Bertz CT molecular complexity index is 329. The van der Waals surface area contributed by atoms with Crippen LogP contribution in [0.2, 0.25) is 0 Å². The molecule has 0 aliphatic carbocycles. The predicted octanol–water partition coefficient (Wildman–Crippen LogP) is 2.59. The van der Waals surface area contributed by atoms with Crippen LogP contribution in [0.4, 0.5) is 13.2 Å². The topological polar surface area (TPSA) is 31.4 Å². The summed E-state index contributed by atoms with van der Waals surface area (Å²) in [5, 5.41) is 0. The van der Waals surface area contributed by atoms with Crippen LogP contribution in [0.15, 0.2) is 12.3 Å². The molecule has 0 bridgehead atoms. The lowest BCUT2D eigenvalue weighted by molar-refractivity contribution is -0.275. The number of nitrogens with zero attached hydrogens (tertiary/aromatic N) is 1. The summed E-state index contributed by atoms with van der Waals surface area (Å²) in [6.45, 7) is 0. The van der Waals surface area contributed by atoms with Crippen molar-refractivity contribution >= 4 is 22.6 Å². The Balaban J connectivity index is 3.05. The van der Waals surface area contributed by atoms with Gasteiger partial charge in [-0.25, -0.2) is 4.98 Å². The zero-order valence-electron chi connectivity index (χ0n) is 6.93. The molecule has 0 aliphatic rings. The average Bonchev–Trinajstić information content (AvgIpc) is 2.06. The van der Waals surface area contributed by atoms with E-state index < -0.39 is 12.1 Å². The van der Waals surface area contributed by atoms with Crippen LogP contribution < -0.4 is 9.47 Å². The maximum absolute atomic E-state index is 11.9. The molecule has 0 spiro atoms. The van der Waals surface area contributed by atoms with Crippen molar-refractivity contribution in [1.29, 1.82) is 0 Å². The second-order valence-electron chi connectivity index (χ2n) is 2.18. The van der Waals surface area contributed by atoms with Crippen LogP contribution in [0.3, 0.4) is 0 Å². The van der Waals surface area contributed by atoms with E-state index in [1.807, 2.05) is 0 Å². The highest BCUT2D eigenvalue weighted by molar-refractivity contribution is 14.1. The van der Waals surface area contributed by atoms with Crippen molar-refractivity contribution in [3.05, 3.63) is 16.0 Å². The highest BCUT2D eigenvalue weighted by atomic mass is 127. The quantitative estimate of drug-likeness (QED) is 0.620. The largest absolute Gasteiger partial charge is 0.573 e. The fraction of sp³-hybridized carbons (Fsp3) is 0.286. The normalized spacial score (nSPS) is 11.2. The highest BCUT2D eigenvalue weighted by Crippen LogP contribution is 2.34. The van der Waals surface area contributed by atoms with Crippen molar-refractivity contribution in [2.24, 2.45) is 0 Å². The Hall–Kier alpha value is -0.730. The number of aromatic nitrogens is 1. The van der Waals surface area contributed by atoms with Gasteiger partial charge in [-0.2, -0.15) is 0 Å². The molecular weight excluding hydrogens is 314 g/mol. The lowest BCUT2D eigenvalue weighted by atomic mass is 10.4. The molecule has 0 radical (unpaired) electrons. The summed E-state index contributed by atoms with van der Waals surface area (Å²) >= 11 is 1.63. The van der Waals surface area contributed by atoms with E-state index in [-0.39, 0.29) is 9.45 Å². The van der Waals surface area contributed by atoms with E-state index in [1.54, 1.807) is 22.6 Å². The molecule has 1 aromatic rings. The molecule has 0 amide bonds. The van der Waals surface area contributed by atoms with Gasteiger partial charge in [0.25, 0.3) is 0 Å². The first kappa shape index (κ1) is 11.3. The molecule has 14 heavy (non-hydrogen) atoms. The van der Waals surface area contributed by atoms with Crippen LogP contribution >= 0.6 is 22.6 Å². The second-order valence-corrected chi connectivity index (χ2v) is 3.20. The zero-order chi connectivity index (χ0) is 10.8. The number of rotatable bonds is 2. The zero-order valence-corrected chi connectivity index (χ0v) is 9.09. The second kappa shape index (κ2) is 4.20. The maximum atomic E-state index is 11.9. The molecule has 3 nitrogen and oxygen atoms in total. The van der Waals surface area contributed by atoms with Crippen LogP contribution in [0.5, 0.6) is 11.5 Å². The van der Waals surface area contributed by atoms with Crippen molar-refractivity contribution in [3.8, 4) is 11.5 Å². The number of hydrogen-bond acceptors (Lipinski definition) is 3. The van der Waals surface area contributed by atoms with E-state index in [4.69, 9.17) is 4.74 Å². The lowest BCUT2D eigenvalue weighted by Gasteiger charge is -2.12. The van der Waals surface area contributed by atoms with Crippen LogP contribution in [0, 0.1) is 3.70 Å². The SMILES string of the molecule is COc1ccnc(I)c1OC(F)(F)F. The molecule has 1 heterocycles. The average molecular weight is 319 g/mol. The number of halogens is 4. The third kappa shape index (κ3) is 2.89. The summed E-state index contributed by atoms with van der Waals surface area (Å²) in [5.74, 6) is -0.412. The number of alkyl halides is 3. The first-order valence-electron chi connectivity index (χ1n) is 3.38. The van der Waals surface area contributed by atoms with E-state index in [2.05, 4.69) is 9.72 Å². The molecule has 0 aromatic carbocycles. The monoisotopic (exact) mass is 319 g/mol. The van der Waals surface area contributed by atoms with Crippen LogP contribution in [0.25, 0.3) is 0 Å². The molecule has 0 fully saturated rings. The Labute approximate surface area is 91.4 Å². The Kier molecular flexibility index (Phi) is 3.40. The summed E-state index contributed by atoms with van der Waals surface area (Å²) < 4.78 is 44.3. The van der Waals surface area contributed by atoms with Gasteiger partial charge in [-0.15, -0.1) is 13.2 Å². The van der Waals surface area contributed by atoms with E-state index in [9.17, 15) is 13.2 Å². The van der Waals surface area contributed by atoms with E-state index in [0.717, 1.165) is 0 Å². The predicted molar refractivity (Wildman–Crippen MR) is 50.2 cm³/mol. The first-order chi connectivity index (χ1) is 6.44. The molecular formula is C7H5F3INO2. The molecule has 0 saturated carbocycles. The minimum absolute atomic E-state index is 0.00160. The van der Waals surface area contributed by atoms with Gasteiger partial charge in [-0.1, -0.05) is 0 Å². The maximum Gasteiger partial charge on any atom is 0.573 e. The highest BCUT2D eigenvalue weighted by Gasteiger charge is 2.33. The van der Waals surface area contributed by atoms with Gasteiger partial charge in [0.1, 0.15) is 3.70 Å². The summed E-state index contributed by atoms with van der Waals surface area (Å²) in [7, 11) is 1.26. The Morgan fingerprint density at radius 2 is 2.07 bits per heavy atom. The number of hydrogen-bond donors (Lipinski definition) is 0. The summed E-state index contributed by atoms with van der Waals surface area (Å²) in [6.07, 6.45) is -3.40. The molecule has 0 atom stereocenters. The van der Waals surface area contributed by atoms with Crippen LogP contribution in [0.1, 0.15) is 0 Å². The first-order valence-corrected chi connectivity index (χ1v) is 4.46. The molecule has 0 saturated heterocycles. The van der Waals surface area contributed by atoms with E-state index >= 15 is 0 Å². The van der Waals surface area contributed by atoms with Crippen molar-refractivity contribution < 1.29 is 22.6 Å². The van der Waals surface area contributed by atoms with Crippen molar-refractivity contribution in [2.45, 2.75) is 6.36 Å². The summed E-state index contributed by atoms with van der Waals surface area (Å²) in [6, 6.07) is 1.29. The van der Waals surface area contributed by atoms with Gasteiger partial charge in [0.2, 0.25) is 5.75 Å². The van der Waals surface area contributed by atoms with Crippen molar-refractivity contribution in [3.63, 3.8) is 0 Å². The lowest BCUT2D eigenvalue weighted by Crippen LogP contribution is -2.18. The molecule has 78 valence electrons. The third-order valence-electron chi connectivity index (χ3n) is 1.26. The molecule has 1 aromatic heterocycles. The van der Waals surface area contributed by atoms with Crippen molar-refractivity contribution in [2.75, 3.05) is 7.11 Å². The van der Waals surface area contributed by atoms with Crippen molar-refractivity contribution in [1.82, 2.24) is 4.98 Å². The summed E-state index contributed by atoms with van der Waals surface area (Å²) in [5.41, 5.74) is 0. The summed E-state index contributed by atoms with van der Waals surface area (Å²) in [4.78, 5) is 3.65. The van der Waals surface area contributed by atoms with Crippen LogP contribution in [-0.4, -0.2) is 18.5 Å². The number of methoxy groups -OCH3 is 1. The third-order valence-corrected chi connectivity index (χ3v) is 2.03. The van der Waals surface area contributed by atoms with Gasteiger partial charge in [0.05, 0.1) is 7.11 Å². The smallest absolute Gasteiger partial charge is 0.493 e. The van der Waals surface area contributed by atoms with Gasteiger partial charge in [0.15, 0.2) is 5.75 Å². The number of pyridine rings is 1. The van der Waals surface area contributed by atoms with E-state index in [1.165, 1.54) is 19.4 Å². The molecule has 0 N–H and O–H groups in total. The molecule has 0 aliphatic heterocycles. The van der Waals surface area contributed by atoms with Crippen LogP contribution in [-0.2, 0) is 0 Å². The number of ether oxygens (including phenoxy) is 2. The standard InChI is InChI=1S/C7H5F3INO2/c1-13-4-2-3-12-6(11)5(4)14-7(8,9)10/h2-3H,1H3. The fourth-order valence-corrected chi connectivity index (χ4v) is 1.31. The minimum Gasteiger partial charge on any atom is -0.493 e. The van der Waals surface area contributed by atoms with Gasteiger partial charge >= 0.3 is 6.36 Å². The van der Waals surface area contributed by atoms with Gasteiger partial charge in [-0.05, 0) is 22.6 Å². The Morgan fingerprint density at radius 3 is 2.57 bits per heavy atom. The van der Waals surface area contributed by atoms with Gasteiger partial charge in [-0.3, -0.25) is 0 Å². The Morgan fingerprint density at radius 1 is 1.43 bits per heavy atom. The fourth-order valence-electron chi connectivity index (χ4n) is 0.775. The van der Waals surface area contributed by atoms with Gasteiger partial charge in [0, 0.05) is 12.3 Å². The van der Waals surface area contributed by atoms with E-state index in [0.29, 0.717) is 0 Å². The molecule has 1 rings (SSSR count). The molecule has 7 heteroatoms. The van der Waals surface area contributed by atoms with Gasteiger partial charge < -0.3 is 9.47 Å². The molecule has 0 unspecified atom stereocenters.